The highest BCUT2D eigenvalue weighted by Crippen LogP contribution is 2.37. The molecule has 3 aromatic rings. The van der Waals surface area contributed by atoms with Gasteiger partial charge in [-0.05, 0) is 37.3 Å². The van der Waals surface area contributed by atoms with E-state index in [1.807, 2.05) is 30.9 Å². The molecule has 0 spiro atoms. The van der Waals surface area contributed by atoms with Crippen LogP contribution in [0.5, 0.6) is 11.5 Å². The molecule has 8 heteroatoms. The van der Waals surface area contributed by atoms with Crippen molar-refractivity contribution in [3.05, 3.63) is 71.9 Å². The van der Waals surface area contributed by atoms with Crippen molar-refractivity contribution in [2.45, 2.75) is 44.9 Å². The number of piperidine rings is 1. The van der Waals surface area contributed by atoms with Gasteiger partial charge in [-0.1, -0.05) is 42.5 Å². The Bertz CT molecular complexity index is 1120. The topological polar surface area (TPSA) is 95.5 Å². The van der Waals surface area contributed by atoms with Crippen molar-refractivity contribution >= 4 is 6.41 Å². The summed E-state index contributed by atoms with van der Waals surface area (Å²) in [6.45, 7) is 8.71. The molecule has 1 amide bonds. The van der Waals surface area contributed by atoms with Gasteiger partial charge >= 0.3 is 12.2 Å². The predicted molar refractivity (Wildman–Crippen MR) is 167 cm³/mol. The molecule has 2 aromatic carbocycles. The zero-order valence-corrected chi connectivity index (χ0v) is 25.2. The van der Waals surface area contributed by atoms with Crippen LogP contribution in [0.3, 0.4) is 0 Å². The van der Waals surface area contributed by atoms with Crippen LogP contribution in [-0.2, 0) is 4.79 Å². The molecule has 5 rings (SSSR count). The molecule has 0 bridgehead atoms. The van der Waals surface area contributed by atoms with Gasteiger partial charge in [-0.15, -0.1) is 38.5 Å². The number of aryl methyl sites for hydroxylation is 1. The van der Waals surface area contributed by atoms with Gasteiger partial charge in [0.1, 0.15) is 0 Å². The molecule has 224 valence electrons. The lowest BCUT2D eigenvalue weighted by Gasteiger charge is -2.29. The number of rotatable bonds is 6. The Hall–Kier alpha value is -4.71. The Morgan fingerprint density at radius 2 is 1.67 bits per heavy atom. The highest BCUT2D eigenvalue weighted by atomic mass is 16.5. The van der Waals surface area contributed by atoms with Crippen LogP contribution >= 0.6 is 0 Å². The minimum atomic E-state index is 0.608. The highest BCUT2D eigenvalue weighted by Gasteiger charge is 2.25. The molecule has 0 unspecified atom stereocenters. The number of hydrogen-bond acceptors (Lipinski definition) is 5. The van der Waals surface area contributed by atoms with Crippen LogP contribution in [-0.4, -0.2) is 56.4 Å². The Kier molecular flexibility index (Phi) is 21.4. The van der Waals surface area contributed by atoms with Crippen LogP contribution in [0.2, 0.25) is 0 Å². The number of quaternary nitrogens is 1. The van der Waals surface area contributed by atoms with E-state index in [2.05, 4.69) is 94.9 Å². The average molecular weight is 575 g/mol. The van der Waals surface area contributed by atoms with Crippen LogP contribution in [0.1, 0.15) is 55.0 Å². The lowest BCUT2D eigenvalue weighted by Crippen LogP contribution is -2.81. The lowest BCUT2D eigenvalue weighted by atomic mass is 9.90. The van der Waals surface area contributed by atoms with Crippen molar-refractivity contribution in [1.82, 2.24) is 10.1 Å². The fourth-order valence-corrected chi connectivity index (χ4v) is 4.66. The van der Waals surface area contributed by atoms with E-state index in [0.717, 1.165) is 56.2 Å². The highest BCUT2D eigenvalue weighted by molar-refractivity contribution is 5.48. The second-order valence-corrected chi connectivity index (χ2v) is 8.98. The lowest BCUT2D eigenvalue weighted by molar-refractivity contribution is -0.636. The standard InChI is InChI=1S/C13H19NO2.C12H15NO.C3H4N2O.3C2H2/c1-3-16-13-11(10-7-8-14-9-10)5-4-6-12(13)15-2;14-10-13-8-6-12(7-9-13)11-4-2-1-3-5-11;1-3-4-2-6-5-3;3*1-2/h4-6,10,14H,3,7-9H2,1-2H3;1-5,10,12H,6-9H2;2H,1H3;3*1-2H/p+2/t10-;;;;;/m0...../s1. The van der Waals surface area contributed by atoms with Crippen molar-refractivity contribution in [3.63, 3.8) is 0 Å². The van der Waals surface area contributed by atoms with Gasteiger partial charge in [0.2, 0.25) is 6.41 Å². The Morgan fingerprint density at radius 1 is 1.00 bits per heavy atom. The van der Waals surface area contributed by atoms with Crippen molar-refractivity contribution < 1.29 is 29.1 Å². The number of aromatic amines is 1. The molecule has 2 fully saturated rings. The molecule has 0 aliphatic carbocycles. The number of carbonyl (C=O) groups excluding carboxylic acids is 1. The molecule has 3 N–H and O–H groups in total. The molecule has 1 atom stereocenters. The molecule has 42 heavy (non-hydrogen) atoms. The fraction of sp³-hybridized carbons (Fsp3) is 0.382. The van der Waals surface area contributed by atoms with Gasteiger partial charge in [0.05, 0.1) is 26.8 Å². The maximum atomic E-state index is 10.5. The summed E-state index contributed by atoms with van der Waals surface area (Å²) >= 11 is 0. The van der Waals surface area contributed by atoms with Crippen molar-refractivity contribution in [3.8, 4) is 50.0 Å². The number of carbonyl (C=O) groups is 1. The van der Waals surface area contributed by atoms with Crippen LogP contribution in [0.15, 0.2) is 59.4 Å². The summed E-state index contributed by atoms with van der Waals surface area (Å²) in [6, 6.07) is 16.8. The molecule has 0 saturated carbocycles. The van der Waals surface area contributed by atoms with E-state index in [0.29, 0.717) is 18.4 Å². The van der Waals surface area contributed by atoms with Crippen molar-refractivity contribution in [2.75, 3.05) is 39.9 Å². The molecule has 1 aromatic heterocycles. The maximum Gasteiger partial charge on any atom is 0.343 e. The number of hydrogen-bond donors (Lipinski definition) is 1. The number of likely N-dealkylation sites (tertiary alicyclic amines) is 1. The largest absolute Gasteiger partial charge is 0.493 e. The number of para-hydroxylation sites is 1. The SMILES string of the molecule is C#C.C#C.C#C.CCOc1c(OC)cccc1[C@H]1CC[NH2+]C1.Cc1noc[nH+]1.O=CN1CCC(c2ccccc2)CC1. The molecule has 8 nitrogen and oxygen atoms in total. The van der Waals surface area contributed by atoms with Crippen molar-refractivity contribution in [2.24, 2.45) is 0 Å². The van der Waals surface area contributed by atoms with E-state index < -0.39 is 0 Å². The van der Waals surface area contributed by atoms with E-state index in [1.165, 1.54) is 30.5 Å². The van der Waals surface area contributed by atoms with Gasteiger partial charge in [0.15, 0.2) is 16.7 Å². The van der Waals surface area contributed by atoms with Gasteiger partial charge in [-0.3, -0.25) is 4.79 Å². The second kappa shape index (κ2) is 24.1. The molecule has 2 saturated heterocycles. The summed E-state index contributed by atoms with van der Waals surface area (Å²) < 4.78 is 15.5. The second-order valence-electron chi connectivity index (χ2n) is 8.98. The summed E-state index contributed by atoms with van der Waals surface area (Å²) in [5.41, 5.74) is 2.72. The van der Waals surface area contributed by atoms with E-state index >= 15 is 0 Å². The number of nitrogens with two attached hydrogens (primary N) is 1. The van der Waals surface area contributed by atoms with Gasteiger partial charge in [-0.25, -0.2) is 9.51 Å². The van der Waals surface area contributed by atoms with Crippen LogP contribution < -0.4 is 19.8 Å². The van der Waals surface area contributed by atoms with Gasteiger partial charge in [-0.2, -0.15) is 0 Å². The van der Waals surface area contributed by atoms with Gasteiger partial charge < -0.3 is 19.7 Å². The minimum absolute atomic E-state index is 0.608. The van der Waals surface area contributed by atoms with Crippen LogP contribution in [0.25, 0.3) is 0 Å². The Balaban J connectivity index is 0.000000587. The summed E-state index contributed by atoms with van der Waals surface area (Å²) in [4.78, 5) is 15.1. The molecular formula is C34H46N4O4+2. The van der Waals surface area contributed by atoms with E-state index in [-0.39, 0.29) is 0 Å². The number of nitrogens with one attached hydrogen (secondary N) is 1. The smallest absolute Gasteiger partial charge is 0.343 e. The number of ether oxygens (including phenoxy) is 2. The number of nitrogens with zero attached hydrogens (tertiary/aromatic N) is 2. The first-order valence-electron chi connectivity index (χ1n) is 13.8. The third-order valence-electron chi connectivity index (χ3n) is 6.59. The van der Waals surface area contributed by atoms with Crippen molar-refractivity contribution in [1.29, 1.82) is 0 Å². The minimum Gasteiger partial charge on any atom is -0.493 e. The Labute approximate surface area is 252 Å². The summed E-state index contributed by atoms with van der Waals surface area (Å²) in [6.07, 6.45) is 29.8. The molecule has 2 aliphatic heterocycles. The third-order valence-corrected chi connectivity index (χ3v) is 6.59. The first-order chi connectivity index (χ1) is 20.7. The molecule has 0 radical (unpaired) electrons. The van der Waals surface area contributed by atoms with Crippen LogP contribution in [0.4, 0.5) is 0 Å². The normalized spacial score (nSPS) is 15.0. The third kappa shape index (κ3) is 13.1. The number of amides is 1. The number of methoxy groups -OCH3 is 1. The molecule has 3 heterocycles. The first-order valence-corrected chi connectivity index (χ1v) is 13.8. The number of benzene rings is 2. The first kappa shape index (κ1) is 37.3. The quantitative estimate of drug-likeness (QED) is 0.358. The summed E-state index contributed by atoms with van der Waals surface area (Å²) in [5, 5.41) is 5.85. The zero-order valence-electron chi connectivity index (χ0n) is 25.2. The number of aromatic nitrogens is 2. The van der Waals surface area contributed by atoms with Gasteiger partial charge in [0.25, 0.3) is 0 Å². The summed E-state index contributed by atoms with van der Waals surface area (Å²) in [5.74, 6) is 3.85. The van der Waals surface area contributed by atoms with Gasteiger partial charge in [0, 0.05) is 37.9 Å². The maximum absolute atomic E-state index is 10.5. The number of terminal acetylenes is 3. The fourth-order valence-electron chi connectivity index (χ4n) is 4.66. The number of H-pyrrole nitrogens is 1. The predicted octanol–water partition coefficient (Wildman–Crippen LogP) is 3.71. The van der Waals surface area contributed by atoms with E-state index in [9.17, 15) is 4.79 Å². The van der Waals surface area contributed by atoms with E-state index in [4.69, 9.17) is 9.47 Å². The summed E-state index contributed by atoms with van der Waals surface area (Å²) in [7, 11) is 1.70. The Morgan fingerprint density at radius 3 is 2.12 bits per heavy atom. The van der Waals surface area contributed by atoms with E-state index in [1.54, 1.807) is 7.11 Å². The van der Waals surface area contributed by atoms with Crippen LogP contribution in [0, 0.1) is 45.5 Å². The zero-order chi connectivity index (χ0) is 31.6. The monoisotopic (exact) mass is 574 g/mol. The average Bonchev–Trinajstić information content (AvgIpc) is 3.80. The molecule has 2 aliphatic rings. The molecular weight excluding hydrogens is 528 g/mol.